The molecule has 3 aromatic carbocycles. The van der Waals surface area contributed by atoms with Gasteiger partial charge >= 0.3 is 0 Å². The molecule has 5 nitrogen and oxygen atoms in total. The maximum absolute atomic E-state index is 6.71. The Balaban J connectivity index is 1.65. The molecule has 0 aliphatic carbocycles. The normalized spacial score (nSPS) is 18.8. The smallest absolute Gasteiger partial charge is 0.226 e. The highest BCUT2D eigenvalue weighted by Gasteiger charge is 2.41. The van der Waals surface area contributed by atoms with E-state index in [4.69, 9.17) is 27.9 Å². The molecule has 0 radical (unpaired) electrons. The van der Waals surface area contributed by atoms with E-state index in [0.717, 1.165) is 38.2 Å². The Labute approximate surface area is 202 Å². The maximum atomic E-state index is 6.71. The van der Waals surface area contributed by atoms with Crippen molar-refractivity contribution in [3.63, 3.8) is 0 Å². The summed E-state index contributed by atoms with van der Waals surface area (Å²) in [7, 11) is 0. The molecule has 6 rings (SSSR count). The number of nitrogens with zero attached hydrogens (tertiary/aromatic N) is 3. The van der Waals surface area contributed by atoms with Crippen molar-refractivity contribution in [3.05, 3.63) is 110 Å². The van der Waals surface area contributed by atoms with Crippen LogP contribution in [0.1, 0.15) is 28.8 Å². The highest BCUT2D eigenvalue weighted by molar-refractivity contribution is 9.10. The van der Waals surface area contributed by atoms with Crippen LogP contribution in [0.5, 0.6) is 5.75 Å². The van der Waals surface area contributed by atoms with E-state index in [1.165, 1.54) is 0 Å². The Hall–Kier alpha value is -2.80. The summed E-state index contributed by atoms with van der Waals surface area (Å²) in [5.41, 5.74) is 4.82. The number of aromatic nitrogens is 3. The first-order valence-corrected chi connectivity index (χ1v) is 11.5. The van der Waals surface area contributed by atoms with Crippen LogP contribution in [0.15, 0.2) is 83.1 Å². The number of hydrogen-bond donors (Lipinski definition) is 1. The van der Waals surface area contributed by atoms with Crippen molar-refractivity contribution in [2.45, 2.75) is 12.1 Å². The van der Waals surface area contributed by atoms with Crippen LogP contribution in [0.3, 0.4) is 0 Å². The van der Waals surface area contributed by atoms with Crippen molar-refractivity contribution in [1.82, 2.24) is 14.8 Å². The average molecular weight is 526 g/mol. The lowest BCUT2D eigenvalue weighted by Crippen LogP contribution is -2.32. The van der Waals surface area contributed by atoms with Crippen LogP contribution in [0.2, 0.25) is 10.0 Å². The summed E-state index contributed by atoms with van der Waals surface area (Å²) in [4.78, 5) is 4.44. The minimum absolute atomic E-state index is 0.328. The lowest BCUT2D eigenvalue weighted by Gasteiger charge is -2.39. The van der Waals surface area contributed by atoms with Crippen molar-refractivity contribution < 1.29 is 4.74 Å². The molecule has 0 saturated carbocycles. The summed E-state index contributed by atoms with van der Waals surface area (Å²) in [6.07, 6.45) is 1.18. The monoisotopic (exact) mass is 524 g/mol. The van der Waals surface area contributed by atoms with Gasteiger partial charge in [-0.05, 0) is 47.5 Å². The van der Waals surface area contributed by atoms with Gasteiger partial charge in [-0.15, -0.1) is 0 Å². The molecule has 0 amide bonds. The van der Waals surface area contributed by atoms with Crippen molar-refractivity contribution in [2.75, 3.05) is 5.32 Å². The van der Waals surface area contributed by atoms with Crippen molar-refractivity contribution in [1.29, 1.82) is 0 Å². The van der Waals surface area contributed by atoms with Crippen molar-refractivity contribution in [2.24, 2.45) is 0 Å². The van der Waals surface area contributed by atoms with E-state index in [-0.39, 0.29) is 12.1 Å². The molecule has 1 N–H and O–H groups in total. The fraction of sp³-hybridized carbons (Fsp3) is 0.0833. The standard InChI is InChI=1S/C24H15BrCl2N4O/c25-14-5-3-4-13(10-14)23-20-21(17-6-1-2-7-19(17)32-23)30-24-28-12-29-31(24)22(20)16-9-8-15(26)11-18(16)27/h1-12,22-23H,(H,28,29,30)/t22-,23+/m1/s1. The topological polar surface area (TPSA) is 52.0 Å². The van der Waals surface area contributed by atoms with Gasteiger partial charge in [-0.3, -0.25) is 0 Å². The van der Waals surface area contributed by atoms with E-state index in [9.17, 15) is 0 Å². The van der Waals surface area contributed by atoms with Gasteiger partial charge in [0, 0.05) is 25.7 Å². The van der Waals surface area contributed by atoms with Crippen LogP contribution in [0.25, 0.3) is 5.70 Å². The summed E-state index contributed by atoms with van der Waals surface area (Å²) < 4.78 is 9.42. The van der Waals surface area contributed by atoms with Gasteiger partial charge in [-0.1, -0.05) is 69.5 Å². The third-order valence-electron chi connectivity index (χ3n) is 5.73. The minimum Gasteiger partial charge on any atom is -0.480 e. The van der Waals surface area contributed by atoms with Gasteiger partial charge in [-0.25, -0.2) is 4.68 Å². The molecule has 2 aliphatic rings. The zero-order valence-electron chi connectivity index (χ0n) is 16.5. The Bertz CT molecular complexity index is 1400. The van der Waals surface area contributed by atoms with E-state index in [1.54, 1.807) is 12.4 Å². The van der Waals surface area contributed by atoms with Gasteiger partial charge in [0.15, 0.2) is 0 Å². The summed E-state index contributed by atoms with van der Waals surface area (Å²) >= 11 is 16.5. The molecule has 0 unspecified atom stereocenters. The molecule has 2 aliphatic heterocycles. The van der Waals surface area contributed by atoms with Gasteiger partial charge in [0.2, 0.25) is 5.95 Å². The summed E-state index contributed by atoms with van der Waals surface area (Å²) in [6.45, 7) is 0. The predicted molar refractivity (Wildman–Crippen MR) is 129 cm³/mol. The second-order valence-corrected chi connectivity index (χ2v) is 9.36. The molecule has 8 heteroatoms. The number of benzene rings is 3. The van der Waals surface area contributed by atoms with Gasteiger partial charge < -0.3 is 10.1 Å². The number of fused-ring (bicyclic) bond motifs is 3. The molecule has 1 aromatic heterocycles. The minimum atomic E-state index is -0.362. The molecule has 0 spiro atoms. The van der Waals surface area contributed by atoms with Gasteiger partial charge in [0.1, 0.15) is 24.2 Å². The highest BCUT2D eigenvalue weighted by Crippen LogP contribution is 2.51. The van der Waals surface area contributed by atoms with Crippen LogP contribution in [-0.2, 0) is 0 Å². The lowest BCUT2D eigenvalue weighted by molar-refractivity contribution is 0.223. The number of para-hydroxylation sites is 1. The lowest BCUT2D eigenvalue weighted by atomic mass is 9.84. The second-order valence-electron chi connectivity index (χ2n) is 7.60. The van der Waals surface area contributed by atoms with Crippen LogP contribution >= 0.6 is 39.1 Å². The summed E-state index contributed by atoms with van der Waals surface area (Å²) in [5.74, 6) is 1.45. The van der Waals surface area contributed by atoms with Gasteiger partial charge in [-0.2, -0.15) is 10.1 Å². The van der Waals surface area contributed by atoms with E-state index in [2.05, 4.69) is 43.5 Å². The second kappa shape index (κ2) is 7.66. The van der Waals surface area contributed by atoms with E-state index in [0.29, 0.717) is 16.0 Å². The molecule has 0 saturated heterocycles. The number of ether oxygens (including phenoxy) is 1. The van der Waals surface area contributed by atoms with Crippen molar-refractivity contribution in [3.8, 4) is 5.75 Å². The van der Waals surface area contributed by atoms with Crippen LogP contribution in [0, 0.1) is 0 Å². The molecular weight excluding hydrogens is 511 g/mol. The number of hydrogen-bond acceptors (Lipinski definition) is 4. The fourth-order valence-electron chi connectivity index (χ4n) is 4.38. The Morgan fingerprint density at radius 2 is 1.88 bits per heavy atom. The maximum Gasteiger partial charge on any atom is 0.226 e. The quantitative estimate of drug-likeness (QED) is 0.309. The van der Waals surface area contributed by atoms with Crippen LogP contribution < -0.4 is 10.1 Å². The van der Waals surface area contributed by atoms with E-state index in [1.807, 2.05) is 53.2 Å². The number of rotatable bonds is 2. The number of halogens is 3. The third-order valence-corrected chi connectivity index (χ3v) is 6.79. The molecule has 0 bridgehead atoms. The Kier molecular flexibility index (Phi) is 4.75. The number of nitrogens with one attached hydrogen (secondary N) is 1. The Morgan fingerprint density at radius 1 is 1.00 bits per heavy atom. The Morgan fingerprint density at radius 3 is 2.72 bits per heavy atom. The van der Waals surface area contributed by atoms with Crippen LogP contribution in [0.4, 0.5) is 5.95 Å². The molecule has 0 fully saturated rings. The number of anilines is 1. The summed E-state index contributed by atoms with van der Waals surface area (Å²) in [5, 5.41) is 9.15. The molecule has 3 heterocycles. The molecule has 32 heavy (non-hydrogen) atoms. The SMILES string of the molecule is Clc1ccc([C@@H]2C3=C(Nc4ncnn42)c2ccccc2O[C@H]3c2cccc(Br)c2)c(Cl)c1. The van der Waals surface area contributed by atoms with E-state index >= 15 is 0 Å². The third kappa shape index (κ3) is 3.13. The molecule has 158 valence electrons. The molecule has 2 atom stereocenters. The highest BCUT2D eigenvalue weighted by atomic mass is 79.9. The van der Waals surface area contributed by atoms with Crippen molar-refractivity contribution >= 4 is 50.8 Å². The van der Waals surface area contributed by atoms with Gasteiger partial charge in [0.05, 0.1) is 5.70 Å². The van der Waals surface area contributed by atoms with E-state index < -0.39 is 0 Å². The zero-order chi connectivity index (χ0) is 21.8. The first kappa shape index (κ1) is 19.9. The summed E-state index contributed by atoms with van der Waals surface area (Å²) in [6, 6.07) is 21.3. The van der Waals surface area contributed by atoms with Gasteiger partial charge in [0.25, 0.3) is 0 Å². The first-order valence-electron chi connectivity index (χ1n) is 9.97. The largest absolute Gasteiger partial charge is 0.480 e. The zero-order valence-corrected chi connectivity index (χ0v) is 19.6. The average Bonchev–Trinajstić information content (AvgIpc) is 3.26. The van der Waals surface area contributed by atoms with Crippen LogP contribution in [-0.4, -0.2) is 14.8 Å². The first-order chi connectivity index (χ1) is 15.6. The molecule has 4 aromatic rings. The predicted octanol–water partition coefficient (Wildman–Crippen LogP) is 6.91. The molecular formula is C24H15BrCl2N4O. The fourth-order valence-corrected chi connectivity index (χ4v) is 5.31.